The van der Waals surface area contributed by atoms with Crippen LogP contribution in [-0.4, -0.2) is 12.0 Å². The number of hydrogen-bond donors (Lipinski definition) is 1. The molecule has 0 heterocycles. The van der Waals surface area contributed by atoms with Crippen LogP contribution in [-0.2, 0) is 4.79 Å². The van der Waals surface area contributed by atoms with Gasteiger partial charge in [0, 0.05) is 0 Å². The lowest BCUT2D eigenvalue weighted by Crippen LogP contribution is -2.39. The molecule has 2 rings (SSSR count). The first-order valence-electron chi connectivity index (χ1n) is 9.05. The highest BCUT2D eigenvalue weighted by Crippen LogP contribution is 2.21. The van der Waals surface area contributed by atoms with E-state index in [-0.39, 0.29) is 11.9 Å². The van der Waals surface area contributed by atoms with E-state index in [1.54, 1.807) is 0 Å². The van der Waals surface area contributed by atoms with Crippen LogP contribution in [0.3, 0.4) is 0 Å². The van der Waals surface area contributed by atoms with Crippen molar-refractivity contribution in [1.82, 2.24) is 5.32 Å². The monoisotopic (exact) mass is 339 g/mol. The van der Waals surface area contributed by atoms with Crippen molar-refractivity contribution in [3.05, 3.63) is 64.7 Å². The summed E-state index contributed by atoms with van der Waals surface area (Å²) in [6.45, 7) is 10.2. The van der Waals surface area contributed by atoms with Crippen LogP contribution >= 0.6 is 0 Å². The summed E-state index contributed by atoms with van der Waals surface area (Å²) in [7, 11) is 0. The average molecular weight is 339 g/mol. The molecule has 0 bridgehead atoms. The number of carbonyl (C=O) groups is 1. The number of hydrogen-bond acceptors (Lipinski definition) is 2. The van der Waals surface area contributed by atoms with E-state index in [9.17, 15) is 4.79 Å². The molecule has 1 N–H and O–H groups in total. The third-order valence-electron chi connectivity index (χ3n) is 4.62. The molecule has 0 saturated carbocycles. The first kappa shape index (κ1) is 19.0. The molecule has 0 aliphatic carbocycles. The average Bonchev–Trinajstić information content (AvgIpc) is 2.61. The fourth-order valence-corrected chi connectivity index (χ4v) is 2.76. The van der Waals surface area contributed by atoms with Crippen molar-refractivity contribution < 1.29 is 9.53 Å². The fourth-order valence-electron chi connectivity index (χ4n) is 2.76. The fraction of sp³-hybridized carbons (Fsp3) is 0.409. The first-order chi connectivity index (χ1) is 11.9. The third-order valence-corrected chi connectivity index (χ3v) is 4.62. The number of aryl methyl sites for hydroxylation is 3. The van der Waals surface area contributed by atoms with Crippen molar-refractivity contribution in [2.45, 2.75) is 59.6 Å². The molecule has 2 unspecified atom stereocenters. The Labute approximate surface area is 151 Å². The molecule has 0 fully saturated rings. The Kier molecular flexibility index (Phi) is 6.63. The second-order valence-electron chi connectivity index (χ2n) is 6.64. The summed E-state index contributed by atoms with van der Waals surface area (Å²) in [6, 6.07) is 14.3. The number of carbonyl (C=O) groups excluding carboxylic acids is 1. The van der Waals surface area contributed by atoms with Crippen molar-refractivity contribution in [2.24, 2.45) is 0 Å². The lowest BCUT2D eigenvalue weighted by molar-refractivity contribution is -0.128. The van der Waals surface area contributed by atoms with Crippen molar-refractivity contribution in [3.8, 4) is 5.75 Å². The van der Waals surface area contributed by atoms with Gasteiger partial charge in [-0.15, -0.1) is 0 Å². The van der Waals surface area contributed by atoms with Crippen molar-refractivity contribution >= 4 is 5.91 Å². The molecule has 0 radical (unpaired) electrons. The van der Waals surface area contributed by atoms with Gasteiger partial charge in [-0.3, -0.25) is 4.79 Å². The van der Waals surface area contributed by atoms with Gasteiger partial charge in [-0.05, 0) is 62.4 Å². The highest BCUT2D eigenvalue weighted by molar-refractivity contribution is 5.81. The second kappa shape index (κ2) is 8.70. The lowest BCUT2D eigenvalue weighted by atomic mass is 10.0. The molecule has 3 heteroatoms. The SMILES string of the molecule is CCC(Oc1ccc(C)c(C)c1)C(=O)NC(CC)c1ccc(C)cc1. The van der Waals surface area contributed by atoms with Crippen LogP contribution in [0.2, 0.25) is 0 Å². The quantitative estimate of drug-likeness (QED) is 0.768. The normalized spacial score (nSPS) is 13.2. The molecule has 1 amide bonds. The summed E-state index contributed by atoms with van der Waals surface area (Å²) < 4.78 is 5.95. The summed E-state index contributed by atoms with van der Waals surface area (Å²) in [5.74, 6) is 0.682. The van der Waals surface area contributed by atoms with E-state index in [0.29, 0.717) is 6.42 Å². The Morgan fingerprint density at radius 2 is 1.64 bits per heavy atom. The second-order valence-corrected chi connectivity index (χ2v) is 6.64. The number of benzene rings is 2. The van der Waals surface area contributed by atoms with E-state index < -0.39 is 6.10 Å². The van der Waals surface area contributed by atoms with Gasteiger partial charge in [0.1, 0.15) is 5.75 Å². The van der Waals surface area contributed by atoms with Crippen LogP contribution in [0.15, 0.2) is 42.5 Å². The highest BCUT2D eigenvalue weighted by atomic mass is 16.5. The Bertz CT molecular complexity index is 706. The number of rotatable bonds is 7. The zero-order valence-corrected chi connectivity index (χ0v) is 15.9. The van der Waals surface area contributed by atoms with Crippen molar-refractivity contribution in [2.75, 3.05) is 0 Å². The zero-order chi connectivity index (χ0) is 18.4. The smallest absolute Gasteiger partial charge is 0.261 e. The number of amides is 1. The van der Waals surface area contributed by atoms with E-state index in [4.69, 9.17) is 4.74 Å². The van der Waals surface area contributed by atoms with Crippen LogP contribution in [0, 0.1) is 20.8 Å². The van der Waals surface area contributed by atoms with E-state index in [0.717, 1.165) is 17.7 Å². The predicted molar refractivity (Wildman–Crippen MR) is 103 cm³/mol. The summed E-state index contributed by atoms with van der Waals surface area (Å²) in [5, 5.41) is 3.14. The number of ether oxygens (including phenoxy) is 1. The summed E-state index contributed by atoms with van der Waals surface area (Å²) >= 11 is 0. The predicted octanol–water partition coefficient (Wildman–Crippen LogP) is 5.04. The maximum absolute atomic E-state index is 12.7. The summed E-state index contributed by atoms with van der Waals surface area (Å²) in [4.78, 5) is 12.7. The lowest BCUT2D eigenvalue weighted by Gasteiger charge is -2.23. The Morgan fingerprint density at radius 3 is 2.20 bits per heavy atom. The van der Waals surface area contributed by atoms with Gasteiger partial charge in [-0.1, -0.05) is 49.7 Å². The van der Waals surface area contributed by atoms with Crippen LogP contribution in [0.4, 0.5) is 0 Å². The molecule has 0 aromatic heterocycles. The van der Waals surface area contributed by atoms with Crippen LogP contribution in [0.5, 0.6) is 5.75 Å². The van der Waals surface area contributed by atoms with Crippen molar-refractivity contribution in [1.29, 1.82) is 0 Å². The zero-order valence-electron chi connectivity index (χ0n) is 15.9. The molecule has 0 saturated heterocycles. The Hall–Kier alpha value is -2.29. The molecular weight excluding hydrogens is 310 g/mol. The molecule has 2 aromatic carbocycles. The van der Waals surface area contributed by atoms with Gasteiger partial charge in [0.05, 0.1) is 6.04 Å². The molecule has 25 heavy (non-hydrogen) atoms. The van der Waals surface area contributed by atoms with E-state index in [1.165, 1.54) is 16.7 Å². The van der Waals surface area contributed by atoms with Gasteiger partial charge in [0.25, 0.3) is 5.91 Å². The summed E-state index contributed by atoms with van der Waals surface area (Å²) in [5.41, 5.74) is 4.73. The van der Waals surface area contributed by atoms with Crippen LogP contribution < -0.4 is 10.1 Å². The molecule has 0 spiro atoms. The van der Waals surface area contributed by atoms with E-state index in [1.807, 2.05) is 32.0 Å². The molecule has 0 aliphatic rings. The standard InChI is InChI=1S/C22H29NO2/c1-6-20(18-11-8-15(3)9-12-18)23-22(24)21(7-2)25-19-13-10-16(4)17(5)14-19/h8-14,20-21H,6-7H2,1-5H3,(H,23,24). The van der Waals surface area contributed by atoms with E-state index in [2.05, 4.69) is 50.4 Å². The van der Waals surface area contributed by atoms with Gasteiger partial charge < -0.3 is 10.1 Å². The van der Waals surface area contributed by atoms with Crippen molar-refractivity contribution in [3.63, 3.8) is 0 Å². The topological polar surface area (TPSA) is 38.3 Å². The highest BCUT2D eigenvalue weighted by Gasteiger charge is 2.22. The van der Waals surface area contributed by atoms with Gasteiger partial charge in [0.2, 0.25) is 0 Å². The minimum atomic E-state index is -0.485. The molecule has 134 valence electrons. The summed E-state index contributed by atoms with van der Waals surface area (Å²) in [6.07, 6.45) is 0.986. The van der Waals surface area contributed by atoms with Gasteiger partial charge in [-0.2, -0.15) is 0 Å². The maximum Gasteiger partial charge on any atom is 0.261 e. The maximum atomic E-state index is 12.7. The Morgan fingerprint density at radius 1 is 0.960 bits per heavy atom. The van der Waals surface area contributed by atoms with Gasteiger partial charge in [0.15, 0.2) is 6.10 Å². The van der Waals surface area contributed by atoms with Crippen LogP contribution in [0.25, 0.3) is 0 Å². The van der Waals surface area contributed by atoms with Gasteiger partial charge in [-0.25, -0.2) is 0 Å². The largest absolute Gasteiger partial charge is 0.481 e. The van der Waals surface area contributed by atoms with E-state index >= 15 is 0 Å². The molecule has 2 atom stereocenters. The minimum Gasteiger partial charge on any atom is -0.481 e. The van der Waals surface area contributed by atoms with Gasteiger partial charge >= 0.3 is 0 Å². The number of nitrogens with one attached hydrogen (secondary N) is 1. The molecule has 0 aliphatic heterocycles. The Balaban J connectivity index is 2.07. The minimum absolute atomic E-state index is 0.00510. The third kappa shape index (κ3) is 5.09. The first-order valence-corrected chi connectivity index (χ1v) is 9.05. The van der Waals surface area contributed by atoms with Crippen LogP contribution in [0.1, 0.15) is 55.0 Å². The molecular formula is C22H29NO2. The molecule has 2 aromatic rings. The molecule has 3 nitrogen and oxygen atoms in total.